The Kier molecular flexibility index (Phi) is 6.30. The summed E-state index contributed by atoms with van der Waals surface area (Å²) in [6, 6.07) is 6.95. The third kappa shape index (κ3) is 4.91. The van der Waals surface area contributed by atoms with Gasteiger partial charge in [0.05, 0.1) is 22.2 Å². The summed E-state index contributed by atoms with van der Waals surface area (Å²) in [5.74, 6) is -4.78. The van der Waals surface area contributed by atoms with Gasteiger partial charge in [-0.1, -0.05) is 23.7 Å². The molecule has 0 spiro atoms. The predicted octanol–water partition coefficient (Wildman–Crippen LogP) is 2.71. The average molecular weight is 398 g/mol. The van der Waals surface area contributed by atoms with E-state index in [2.05, 4.69) is 5.32 Å². The van der Waals surface area contributed by atoms with Gasteiger partial charge >= 0.3 is 6.09 Å². The van der Waals surface area contributed by atoms with Crippen molar-refractivity contribution in [3.8, 4) is 0 Å². The molecule has 7 nitrogen and oxygen atoms in total. The van der Waals surface area contributed by atoms with E-state index in [4.69, 9.17) is 22.4 Å². The van der Waals surface area contributed by atoms with E-state index in [9.17, 15) is 23.2 Å². The summed E-state index contributed by atoms with van der Waals surface area (Å²) in [5, 5.41) is 12.8. The molecule has 1 unspecified atom stereocenters. The lowest BCUT2D eigenvalue weighted by Gasteiger charge is -2.19. The van der Waals surface area contributed by atoms with Gasteiger partial charge in [-0.25, -0.2) is 13.6 Å². The molecule has 0 aliphatic carbocycles. The lowest BCUT2D eigenvalue weighted by molar-refractivity contribution is -0.117. The molecule has 0 saturated carbocycles. The van der Waals surface area contributed by atoms with Crippen LogP contribution in [0.4, 0.5) is 19.3 Å². The molecule has 2 aromatic rings. The van der Waals surface area contributed by atoms with E-state index in [0.29, 0.717) is 0 Å². The van der Waals surface area contributed by atoms with Crippen LogP contribution in [0.2, 0.25) is 5.02 Å². The van der Waals surface area contributed by atoms with E-state index in [0.717, 1.165) is 24.3 Å². The molecule has 3 amide bonds. The molecule has 0 aliphatic rings. The van der Waals surface area contributed by atoms with Crippen molar-refractivity contribution in [1.82, 2.24) is 5.32 Å². The Morgan fingerprint density at radius 1 is 1.19 bits per heavy atom. The molecule has 2 rings (SSSR count). The zero-order valence-corrected chi connectivity index (χ0v) is 14.4. The number of amides is 3. The minimum atomic E-state index is -1.41. The zero-order chi connectivity index (χ0) is 20.1. The van der Waals surface area contributed by atoms with E-state index in [1.165, 1.54) is 12.1 Å². The largest absolute Gasteiger partial charge is 0.465 e. The smallest absolute Gasteiger partial charge is 0.404 e. The second-order valence-corrected chi connectivity index (χ2v) is 5.83. The Bertz CT molecular complexity index is 908. The summed E-state index contributed by atoms with van der Waals surface area (Å²) in [5.41, 5.74) is 4.35. The van der Waals surface area contributed by atoms with Crippen molar-refractivity contribution in [3.63, 3.8) is 0 Å². The standard InChI is InChI=1S/C17H14ClF2N3O4/c18-11-4-5-12(20)14(13(11)15(21)24)23-16(25)10(7-22-17(26)27)8-2-1-3-9(19)6-8/h1-6,10,22H,7H2,(H2,21,24)(H,23,25)(H,26,27). The molecule has 142 valence electrons. The molecular formula is C17H14ClF2N3O4. The topological polar surface area (TPSA) is 122 Å². The maximum absolute atomic E-state index is 14.1. The monoisotopic (exact) mass is 397 g/mol. The number of primary amides is 1. The summed E-state index contributed by atoms with van der Waals surface area (Å²) in [4.78, 5) is 35.0. The number of halogens is 3. The fourth-order valence-corrected chi connectivity index (χ4v) is 2.65. The fraction of sp³-hybridized carbons (Fsp3) is 0.118. The van der Waals surface area contributed by atoms with Crippen molar-refractivity contribution in [3.05, 3.63) is 64.2 Å². The first-order chi connectivity index (χ1) is 12.7. The Morgan fingerprint density at radius 3 is 2.48 bits per heavy atom. The van der Waals surface area contributed by atoms with Gasteiger partial charge in [0.25, 0.3) is 5.91 Å². The van der Waals surface area contributed by atoms with Gasteiger partial charge in [0.15, 0.2) is 0 Å². The van der Waals surface area contributed by atoms with Gasteiger partial charge < -0.3 is 21.5 Å². The number of nitrogens with two attached hydrogens (primary N) is 1. The number of anilines is 1. The van der Waals surface area contributed by atoms with Crippen molar-refractivity contribution in [1.29, 1.82) is 0 Å². The molecular weight excluding hydrogens is 384 g/mol. The number of hydrogen-bond acceptors (Lipinski definition) is 3. The SMILES string of the molecule is NC(=O)c1c(Cl)ccc(F)c1NC(=O)C(CNC(=O)O)c1cccc(F)c1. The minimum absolute atomic E-state index is 0.143. The number of carbonyl (C=O) groups is 3. The second-order valence-electron chi connectivity index (χ2n) is 5.43. The van der Waals surface area contributed by atoms with E-state index in [-0.39, 0.29) is 10.6 Å². The molecule has 0 aromatic heterocycles. The third-order valence-electron chi connectivity index (χ3n) is 3.62. The molecule has 0 bridgehead atoms. The quantitative estimate of drug-likeness (QED) is 0.598. The highest BCUT2D eigenvalue weighted by atomic mass is 35.5. The number of benzene rings is 2. The van der Waals surface area contributed by atoms with Crippen molar-refractivity contribution in [2.24, 2.45) is 5.73 Å². The highest BCUT2D eigenvalue weighted by Gasteiger charge is 2.26. The Hall–Kier alpha value is -3.20. The number of hydrogen-bond donors (Lipinski definition) is 4. The molecule has 10 heteroatoms. The van der Waals surface area contributed by atoms with Crippen LogP contribution in [-0.2, 0) is 4.79 Å². The number of carbonyl (C=O) groups excluding carboxylic acids is 2. The van der Waals surface area contributed by atoms with Crippen LogP contribution in [-0.4, -0.2) is 29.6 Å². The van der Waals surface area contributed by atoms with Crippen molar-refractivity contribution >= 4 is 35.2 Å². The lowest BCUT2D eigenvalue weighted by Crippen LogP contribution is -2.34. The first-order valence-corrected chi connectivity index (χ1v) is 7.89. The van der Waals surface area contributed by atoms with Crippen LogP contribution in [0.25, 0.3) is 0 Å². The van der Waals surface area contributed by atoms with Gasteiger partial charge in [-0.2, -0.15) is 0 Å². The van der Waals surface area contributed by atoms with Crippen molar-refractivity contribution in [2.75, 3.05) is 11.9 Å². The molecule has 0 fully saturated rings. The van der Waals surface area contributed by atoms with Gasteiger partial charge in [-0.15, -0.1) is 0 Å². The van der Waals surface area contributed by atoms with Gasteiger partial charge in [-0.05, 0) is 29.8 Å². The van der Waals surface area contributed by atoms with E-state index < -0.39 is 53.3 Å². The highest BCUT2D eigenvalue weighted by Crippen LogP contribution is 2.28. The molecule has 5 N–H and O–H groups in total. The van der Waals surface area contributed by atoms with Gasteiger partial charge in [-0.3, -0.25) is 9.59 Å². The Morgan fingerprint density at radius 2 is 1.89 bits per heavy atom. The Balaban J connectivity index is 2.41. The lowest BCUT2D eigenvalue weighted by atomic mass is 9.97. The number of rotatable bonds is 6. The van der Waals surface area contributed by atoms with Crippen LogP contribution >= 0.6 is 11.6 Å². The van der Waals surface area contributed by atoms with E-state index in [1.54, 1.807) is 0 Å². The fourth-order valence-electron chi connectivity index (χ4n) is 2.40. The summed E-state index contributed by atoms with van der Waals surface area (Å²) >= 11 is 5.84. The summed E-state index contributed by atoms with van der Waals surface area (Å²) < 4.78 is 27.6. The minimum Gasteiger partial charge on any atom is -0.465 e. The van der Waals surface area contributed by atoms with Crippen molar-refractivity contribution in [2.45, 2.75) is 5.92 Å². The summed E-state index contributed by atoms with van der Waals surface area (Å²) in [6.07, 6.45) is -1.41. The maximum Gasteiger partial charge on any atom is 0.404 e. The first kappa shape index (κ1) is 20.1. The number of carboxylic acid groups (broad SMARTS) is 1. The average Bonchev–Trinajstić information content (AvgIpc) is 2.58. The maximum atomic E-state index is 14.1. The van der Waals surface area contributed by atoms with E-state index in [1.807, 2.05) is 5.32 Å². The summed E-state index contributed by atoms with van der Waals surface area (Å²) in [6.45, 7) is -0.418. The van der Waals surface area contributed by atoms with Crippen LogP contribution < -0.4 is 16.4 Å². The molecule has 2 aromatic carbocycles. The molecule has 0 aliphatic heterocycles. The van der Waals surface area contributed by atoms with Crippen LogP contribution in [0.1, 0.15) is 21.8 Å². The van der Waals surface area contributed by atoms with Gasteiger partial charge in [0.2, 0.25) is 5.91 Å². The van der Waals surface area contributed by atoms with Crippen LogP contribution in [0.15, 0.2) is 36.4 Å². The number of nitrogens with one attached hydrogen (secondary N) is 2. The Labute approximate surface area is 157 Å². The summed E-state index contributed by atoms with van der Waals surface area (Å²) in [7, 11) is 0. The molecule has 0 heterocycles. The predicted molar refractivity (Wildman–Crippen MR) is 93.7 cm³/mol. The third-order valence-corrected chi connectivity index (χ3v) is 3.94. The van der Waals surface area contributed by atoms with Gasteiger partial charge in [0, 0.05) is 6.54 Å². The first-order valence-electron chi connectivity index (χ1n) is 7.51. The highest BCUT2D eigenvalue weighted by molar-refractivity contribution is 6.34. The molecule has 0 radical (unpaired) electrons. The van der Waals surface area contributed by atoms with Gasteiger partial charge in [0.1, 0.15) is 11.6 Å². The van der Waals surface area contributed by atoms with Crippen LogP contribution in [0.3, 0.4) is 0 Å². The van der Waals surface area contributed by atoms with Crippen molar-refractivity contribution < 1.29 is 28.3 Å². The normalized spacial score (nSPS) is 11.5. The molecule has 0 saturated heterocycles. The zero-order valence-electron chi connectivity index (χ0n) is 13.6. The van der Waals surface area contributed by atoms with E-state index >= 15 is 0 Å². The van der Waals surface area contributed by atoms with Crippen LogP contribution in [0, 0.1) is 11.6 Å². The molecule has 27 heavy (non-hydrogen) atoms. The van der Waals surface area contributed by atoms with Crippen LogP contribution in [0.5, 0.6) is 0 Å². The molecule has 1 atom stereocenters. The second kappa shape index (κ2) is 8.45.